The molecule has 30 heavy (non-hydrogen) atoms. The van der Waals surface area contributed by atoms with Gasteiger partial charge in [0.15, 0.2) is 6.04 Å². The number of hydroxylamine groups is 3. The molecule has 8 heteroatoms. The zero-order chi connectivity index (χ0) is 21.3. The first kappa shape index (κ1) is 21.0. The first-order chi connectivity index (χ1) is 14.4. The summed E-state index contributed by atoms with van der Waals surface area (Å²) in [5.41, 5.74) is 1.86. The lowest BCUT2D eigenvalue weighted by molar-refractivity contribution is -0.825. The van der Waals surface area contributed by atoms with E-state index in [0.29, 0.717) is 23.1 Å². The highest BCUT2D eigenvalue weighted by atomic mass is 16.6. The molecule has 2 unspecified atom stereocenters. The van der Waals surface area contributed by atoms with Gasteiger partial charge < -0.3 is 15.8 Å². The van der Waals surface area contributed by atoms with Crippen LogP contribution in [0.4, 0.5) is 5.69 Å². The van der Waals surface area contributed by atoms with Gasteiger partial charge in [-0.05, 0) is 57.2 Å². The molecule has 3 aliphatic rings. The lowest BCUT2D eigenvalue weighted by Gasteiger charge is -2.42. The van der Waals surface area contributed by atoms with Crippen molar-refractivity contribution in [3.05, 3.63) is 34.5 Å². The van der Waals surface area contributed by atoms with Crippen LogP contribution in [0, 0.1) is 11.1 Å². The van der Waals surface area contributed by atoms with Crippen LogP contribution in [0.5, 0.6) is 0 Å². The number of carbonyl (C=O) groups is 3. The Bertz CT molecular complexity index is 850. The molecule has 2 aliphatic heterocycles. The van der Waals surface area contributed by atoms with E-state index in [4.69, 9.17) is 0 Å². The minimum atomic E-state index is -1.23. The fourth-order valence-electron chi connectivity index (χ4n) is 5.12. The van der Waals surface area contributed by atoms with Crippen LogP contribution in [0.3, 0.4) is 0 Å². The van der Waals surface area contributed by atoms with E-state index in [1.54, 1.807) is 12.1 Å². The van der Waals surface area contributed by atoms with Gasteiger partial charge in [-0.2, -0.15) is 0 Å². The second kappa shape index (κ2) is 8.45. The highest BCUT2D eigenvalue weighted by molar-refractivity contribution is 6.02. The molecule has 1 saturated heterocycles. The standard InChI is InChI=1S/C22H30N4O4/c1-23-15-7-5-14(6-8-15)11-12-24-18-4-2-3-16-17(18)13-26(30,22(16)29)19-9-10-20(27)25-21(19)28/h2-4,14-15,19,23-24H,5-13H2,1H3,(H,25,27,28). The molecule has 2 fully saturated rings. The van der Waals surface area contributed by atoms with Crippen LogP contribution < -0.4 is 16.0 Å². The molecule has 1 aliphatic carbocycles. The molecule has 3 amide bonds. The second-order valence-electron chi connectivity index (χ2n) is 8.78. The minimum Gasteiger partial charge on any atom is -0.624 e. The Kier molecular flexibility index (Phi) is 5.90. The molecule has 3 N–H and O–H groups in total. The fourth-order valence-corrected chi connectivity index (χ4v) is 5.12. The monoisotopic (exact) mass is 414 g/mol. The van der Waals surface area contributed by atoms with E-state index in [1.165, 1.54) is 25.7 Å². The summed E-state index contributed by atoms with van der Waals surface area (Å²) < 4.78 is -1.23. The molecule has 2 heterocycles. The van der Waals surface area contributed by atoms with Crippen LogP contribution >= 0.6 is 0 Å². The zero-order valence-corrected chi connectivity index (χ0v) is 17.4. The largest absolute Gasteiger partial charge is 0.624 e. The molecule has 1 aromatic rings. The van der Waals surface area contributed by atoms with Gasteiger partial charge in [-0.15, -0.1) is 0 Å². The highest BCUT2D eigenvalue weighted by Crippen LogP contribution is 2.38. The van der Waals surface area contributed by atoms with Gasteiger partial charge in [0.25, 0.3) is 5.91 Å². The molecular formula is C22H30N4O4. The Morgan fingerprint density at radius 3 is 2.60 bits per heavy atom. The summed E-state index contributed by atoms with van der Waals surface area (Å²) in [4.78, 5) is 36.6. The van der Waals surface area contributed by atoms with Crippen LogP contribution in [-0.4, -0.2) is 48.0 Å². The number of benzene rings is 1. The number of piperidine rings is 1. The predicted molar refractivity (Wildman–Crippen MR) is 112 cm³/mol. The third-order valence-electron chi connectivity index (χ3n) is 6.98. The summed E-state index contributed by atoms with van der Waals surface area (Å²) in [6.07, 6.45) is 6.09. The number of nitrogens with one attached hydrogen (secondary N) is 3. The maximum Gasteiger partial charge on any atom is 0.347 e. The van der Waals surface area contributed by atoms with E-state index >= 15 is 0 Å². The average Bonchev–Trinajstić information content (AvgIpc) is 3.00. The van der Waals surface area contributed by atoms with Crippen LogP contribution in [0.25, 0.3) is 0 Å². The summed E-state index contributed by atoms with van der Waals surface area (Å²) in [7, 11) is 2.02. The van der Waals surface area contributed by atoms with Gasteiger partial charge in [0.05, 0.1) is 5.56 Å². The number of carbonyl (C=O) groups excluding carboxylic acids is 3. The SMILES string of the molecule is CNC1CCC(CCNc2cccc3c2C[N+]([O-])(C2CCC(=O)NC2=O)C3=O)CC1. The Labute approximate surface area is 176 Å². The Morgan fingerprint density at radius 1 is 1.13 bits per heavy atom. The molecule has 1 aromatic carbocycles. The van der Waals surface area contributed by atoms with Gasteiger partial charge in [0, 0.05) is 36.7 Å². The van der Waals surface area contributed by atoms with E-state index in [9.17, 15) is 19.6 Å². The van der Waals surface area contributed by atoms with Crippen LogP contribution in [0.15, 0.2) is 18.2 Å². The third-order valence-corrected chi connectivity index (χ3v) is 6.98. The maximum atomic E-state index is 13.5. The zero-order valence-electron chi connectivity index (χ0n) is 17.4. The van der Waals surface area contributed by atoms with Crippen LogP contribution in [0.1, 0.15) is 60.9 Å². The van der Waals surface area contributed by atoms with Crippen molar-refractivity contribution in [1.82, 2.24) is 10.6 Å². The lowest BCUT2D eigenvalue weighted by atomic mass is 9.84. The Morgan fingerprint density at radius 2 is 1.90 bits per heavy atom. The highest BCUT2D eigenvalue weighted by Gasteiger charge is 2.50. The van der Waals surface area contributed by atoms with Crippen molar-refractivity contribution < 1.29 is 19.0 Å². The van der Waals surface area contributed by atoms with Crippen molar-refractivity contribution >= 4 is 23.4 Å². The van der Waals surface area contributed by atoms with Gasteiger partial charge in [0.2, 0.25) is 5.91 Å². The predicted octanol–water partition coefficient (Wildman–Crippen LogP) is 2.04. The summed E-state index contributed by atoms with van der Waals surface area (Å²) in [6, 6.07) is 4.89. The Balaban J connectivity index is 1.42. The second-order valence-corrected chi connectivity index (χ2v) is 8.78. The number of hydrogen-bond acceptors (Lipinski definition) is 6. The number of fused-ring (bicyclic) bond motifs is 1. The smallest absolute Gasteiger partial charge is 0.347 e. The molecule has 0 radical (unpaired) electrons. The summed E-state index contributed by atoms with van der Waals surface area (Å²) in [6.45, 7) is 0.716. The number of nitrogens with zero attached hydrogens (tertiary/aromatic N) is 1. The number of quaternary nitrogens is 1. The van der Waals surface area contributed by atoms with Crippen molar-refractivity contribution in [1.29, 1.82) is 0 Å². The molecule has 4 rings (SSSR count). The molecule has 0 spiro atoms. The van der Waals surface area contributed by atoms with E-state index in [1.807, 2.05) is 13.1 Å². The van der Waals surface area contributed by atoms with E-state index in [2.05, 4.69) is 16.0 Å². The van der Waals surface area contributed by atoms with Crippen molar-refractivity contribution in [2.24, 2.45) is 5.92 Å². The molecule has 0 bridgehead atoms. The topological polar surface area (TPSA) is 110 Å². The molecular weight excluding hydrogens is 384 g/mol. The van der Waals surface area contributed by atoms with E-state index < -0.39 is 28.4 Å². The first-order valence-electron chi connectivity index (χ1n) is 10.9. The van der Waals surface area contributed by atoms with Crippen molar-refractivity contribution in [2.45, 2.75) is 63.6 Å². The number of rotatable bonds is 6. The maximum absolute atomic E-state index is 13.5. The van der Waals surface area contributed by atoms with Gasteiger partial charge in [0.1, 0.15) is 6.54 Å². The van der Waals surface area contributed by atoms with Crippen LogP contribution in [0.2, 0.25) is 0 Å². The normalized spacial score (nSPS) is 31.4. The molecule has 8 nitrogen and oxygen atoms in total. The Hall–Kier alpha value is -2.29. The lowest BCUT2D eigenvalue weighted by Crippen LogP contribution is -2.60. The quantitative estimate of drug-likeness (QED) is 0.373. The van der Waals surface area contributed by atoms with Gasteiger partial charge >= 0.3 is 5.91 Å². The van der Waals surface area contributed by atoms with E-state index in [0.717, 1.165) is 18.7 Å². The summed E-state index contributed by atoms with van der Waals surface area (Å²) in [5.74, 6) is -0.931. The fraction of sp³-hybridized carbons (Fsp3) is 0.591. The summed E-state index contributed by atoms with van der Waals surface area (Å²) >= 11 is 0. The third kappa shape index (κ3) is 3.87. The van der Waals surface area contributed by atoms with E-state index in [-0.39, 0.29) is 19.4 Å². The molecule has 0 aromatic heterocycles. The van der Waals surface area contributed by atoms with Gasteiger partial charge in [-0.3, -0.25) is 19.6 Å². The average molecular weight is 415 g/mol. The van der Waals surface area contributed by atoms with Crippen molar-refractivity contribution in [2.75, 3.05) is 18.9 Å². The minimum absolute atomic E-state index is 0.0725. The van der Waals surface area contributed by atoms with Gasteiger partial charge in [-0.1, -0.05) is 6.07 Å². The molecule has 162 valence electrons. The number of anilines is 1. The molecule has 1 saturated carbocycles. The van der Waals surface area contributed by atoms with Crippen molar-refractivity contribution in [3.63, 3.8) is 0 Å². The van der Waals surface area contributed by atoms with Crippen molar-refractivity contribution in [3.8, 4) is 0 Å². The number of amides is 3. The molecule has 2 atom stereocenters. The van der Waals surface area contributed by atoms with Gasteiger partial charge in [-0.25, -0.2) is 4.79 Å². The first-order valence-corrected chi connectivity index (χ1v) is 10.9. The summed E-state index contributed by atoms with van der Waals surface area (Å²) in [5, 5.41) is 22.5. The van der Waals surface area contributed by atoms with Crippen LogP contribution in [-0.2, 0) is 16.1 Å². The number of hydrogen-bond donors (Lipinski definition) is 3. The number of imide groups is 1.